The van der Waals surface area contributed by atoms with Crippen LogP contribution in [0.1, 0.15) is 35.4 Å². The third-order valence-corrected chi connectivity index (χ3v) is 8.81. The van der Waals surface area contributed by atoms with Crippen LogP contribution >= 0.6 is 11.6 Å². The number of piperidine rings is 1. The zero-order valence-corrected chi connectivity index (χ0v) is 26.0. The van der Waals surface area contributed by atoms with Crippen LogP contribution in [0, 0.1) is 0 Å². The minimum atomic E-state index is 0.390. The average Bonchev–Trinajstić information content (AvgIpc) is 3.44. The second-order valence-electron chi connectivity index (χ2n) is 11.5. The number of aromatic nitrogens is 3. The molecule has 2 aromatic heterocycles. The molecule has 1 aliphatic rings. The first-order valence-electron chi connectivity index (χ1n) is 15.4. The van der Waals surface area contributed by atoms with E-state index in [0.717, 1.165) is 64.2 Å². The van der Waals surface area contributed by atoms with Gasteiger partial charge in [-0.1, -0.05) is 96.5 Å². The van der Waals surface area contributed by atoms with Gasteiger partial charge in [0.25, 0.3) is 0 Å². The molecule has 1 saturated heterocycles. The second-order valence-corrected chi connectivity index (χ2v) is 11.9. The molecule has 1 aliphatic heterocycles. The Kier molecular flexibility index (Phi) is 8.39. The summed E-state index contributed by atoms with van der Waals surface area (Å²) in [6.45, 7) is 2.78. The van der Waals surface area contributed by atoms with Crippen LogP contribution in [0.25, 0.3) is 22.2 Å². The third kappa shape index (κ3) is 6.38. The minimum Gasteiger partial charge on any atom is -0.473 e. The first-order valence-corrected chi connectivity index (χ1v) is 15.8. The number of halogens is 1. The van der Waals surface area contributed by atoms with E-state index in [1.807, 2.05) is 96.7 Å². The van der Waals surface area contributed by atoms with Crippen LogP contribution < -0.4 is 14.4 Å². The molecule has 0 amide bonds. The fourth-order valence-corrected chi connectivity index (χ4v) is 6.34. The Morgan fingerprint density at radius 1 is 0.733 bits per heavy atom. The van der Waals surface area contributed by atoms with Crippen molar-refractivity contribution in [3.05, 3.63) is 137 Å². The molecular weight excluding hydrogens is 580 g/mol. The van der Waals surface area contributed by atoms with Crippen molar-refractivity contribution in [2.24, 2.45) is 7.05 Å². The average molecular weight is 615 g/mol. The number of hydrogen-bond donors (Lipinski definition) is 0. The highest BCUT2D eigenvalue weighted by Crippen LogP contribution is 2.39. The summed E-state index contributed by atoms with van der Waals surface area (Å²) >= 11 is 6.14. The number of aryl methyl sites for hydroxylation is 1. The van der Waals surface area contributed by atoms with Gasteiger partial charge >= 0.3 is 0 Å². The molecule has 6 aromatic rings. The van der Waals surface area contributed by atoms with Gasteiger partial charge in [-0.15, -0.1) is 0 Å². The molecule has 226 valence electrons. The summed E-state index contributed by atoms with van der Waals surface area (Å²) in [5.74, 6) is 1.55. The number of rotatable bonds is 9. The molecule has 3 heterocycles. The summed E-state index contributed by atoms with van der Waals surface area (Å²) in [6.07, 6.45) is 2.18. The number of fused-ring (bicyclic) bond motifs is 1. The minimum absolute atomic E-state index is 0.390. The predicted octanol–water partition coefficient (Wildman–Crippen LogP) is 8.83. The van der Waals surface area contributed by atoms with Crippen LogP contribution in [-0.4, -0.2) is 27.9 Å². The van der Waals surface area contributed by atoms with E-state index in [1.54, 1.807) is 0 Å². The second kappa shape index (κ2) is 13.0. The maximum atomic E-state index is 6.38. The summed E-state index contributed by atoms with van der Waals surface area (Å²) in [5, 5.41) is 6.90. The van der Waals surface area contributed by atoms with Gasteiger partial charge in [-0.2, -0.15) is 10.1 Å². The Balaban J connectivity index is 1.18. The van der Waals surface area contributed by atoms with E-state index >= 15 is 0 Å². The lowest BCUT2D eigenvalue weighted by Gasteiger charge is -2.34. The largest absolute Gasteiger partial charge is 0.473 e. The molecule has 0 spiro atoms. The SMILES string of the molecule is Cn1nc(-c2ccc(OCc3ccccc3)nc2OCc2ccccc2)c2cccc(N3CCC(c4ccc(Cl)cc4)CC3)c21. The molecule has 0 saturated carbocycles. The van der Waals surface area contributed by atoms with Crippen LogP contribution in [0.2, 0.25) is 5.02 Å². The number of ether oxygens (including phenoxy) is 2. The Morgan fingerprint density at radius 3 is 2.09 bits per heavy atom. The standard InChI is InChI=1S/C38H35ClN4O2/c1-42-37-32(13-8-14-34(37)43-23-21-30(22-24-43)29-15-17-31(39)18-16-29)36(41-42)33-19-20-35(44-25-27-9-4-2-5-10-27)40-38(33)45-26-28-11-6-3-7-12-28/h2-20,30H,21-26H2,1H3. The number of pyridine rings is 1. The highest BCUT2D eigenvalue weighted by Gasteiger charge is 2.25. The van der Waals surface area contributed by atoms with Crippen molar-refractivity contribution in [1.82, 2.24) is 14.8 Å². The number of hydrogen-bond acceptors (Lipinski definition) is 5. The lowest BCUT2D eigenvalue weighted by molar-refractivity contribution is 0.268. The van der Waals surface area contributed by atoms with E-state index in [1.165, 1.54) is 11.3 Å². The first-order chi connectivity index (χ1) is 22.1. The lowest BCUT2D eigenvalue weighted by Crippen LogP contribution is -2.33. The predicted molar refractivity (Wildman–Crippen MR) is 181 cm³/mol. The maximum Gasteiger partial charge on any atom is 0.226 e. The normalized spacial score (nSPS) is 13.7. The van der Waals surface area contributed by atoms with Gasteiger partial charge in [0.1, 0.15) is 18.9 Å². The van der Waals surface area contributed by atoms with Crippen LogP contribution in [0.3, 0.4) is 0 Å². The van der Waals surface area contributed by atoms with Crippen molar-refractivity contribution in [3.8, 4) is 23.0 Å². The number of nitrogens with zero attached hydrogens (tertiary/aromatic N) is 4. The van der Waals surface area contributed by atoms with Crippen LogP contribution in [0.15, 0.2) is 115 Å². The molecule has 0 unspecified atom stereocenters. The smallest absolute Gasteiger partial charge is 0.226 e. The summed E-state index contributed by atoms with van der Waals surface area (Å²) in [7, 11) is 2.02. The topological polar surface area (TPSA) is 52.4 Å². The molecule has 0 aliphatic carbocycles. The van der Waals surface area contributed by atoms with Crippen molar-refractivity contribution in [3.63, 3.8) is 0 Å². The molecule has 0 bridgehead atoms. The molecule has 0 atom stereocenters. The Bertz CT molecular complexity index is 1880. The maximum absolute atomic E-state index is 6.38. The monoisotopic (exact) mass is 614 g/mol. The van der Waals surface area contributed by atoms with E-state index in [0.29, 0.717) is 30.9 Å². The van der Waals surface area contributed by atoms with Crippen LogP contribution in [0.5, 0.6) is 11.8 Å². The molecule has 6 nitrogen and oxygen atoms in total. The summed E-state index contributed by atoms with van der Waals surface area (Å²) in [6, 6.07) is 38.9. The molecule has 0 N–H and O–H groups in total. The zero-order valence-electron chi connectivity index (χ0n) is 25.3. The highest BCUT2D eigenvalue weighted by atomic mass is 35.5. The fourth-order valence-electron chi connectivity index (χ4n) is 6.21. The Hall–Kier alpha value is -4.81. The van der Waals surface area contributed by atoms with Gasteiger partial charge in [-0.3, -0.25) is 4.68 Å². The van der Waals surface area contributed by atoms with Gasteiger partial charge in [0, 0.05) is 36.6 Å². The summed E-state index contributed by atoms with van der Waals surface area (Å²) in [4.78, 5) is 7.33. The van der Waals surface area contributed by atoms with Crippen molar-refractivity contribution in [2.75, 3.05) is 18.0 Å². The van der Waals surface area contributed by atoms with Gasteiger partial charge in [0.2, 0.25) is 11.8 Å². The molecule has 0 radical (unpaired) electrons. The quantitative estimate of drug-likeness (QED) is 0.163. The summed E-state index contributed by atoms with van der Waals surface area (Å²) in [5.41, 5.74) is 7.50. The lowest BCUT2D eigenvalue weighted by atomic mass is 9.89. The van der Waals surface area contributed by atoms with Gasteiger partial charge in [-0.05, 0) is 59.7 Å². The zero-order chi connectivity index (χ0) is 30.6. The van der Waals surface area contributed by atoms with Crippen molar-refractivity contribution in [1.29, 1.82) is 0 Å². The van der Waals surface area contributed by atoms with E-state index in [2.05, 4.69) is 35.2 Å². The molecule has 4 aromatic carbocycles. The molecular formula is C38H35ClN4O2. The van der Waals surface area contributed by atoms with Gasteiger partial charge < -0.3 is 14.4 Å². The van der Waals surface area contributed by atoms with E-state index in [9.17, 15) is 0 Å². The fraction of sp³-hybridized carbons (Fsp3) is 0.211. The number of para-hydroxylation sites is 1. The number of anilines is 1. The molecule has 7 rings (SSSR count). The van der Waals surface area contributed by atoms with E-state index in [-0.39, 0.29) is 0 Å². The van der Waals surface area contributed by atoms with Crippen molar-refractivity contribution < 1.29 is 9.47 Å². The van der Waals surface area contributed by atoms with Gasteiger partial charge in [0.15, 0.2) is 0 Å². The Morgan fingerprint density at radius 2 is 1.40 bits per heavy atom. The Labute approximate surface area is 268 Å². The van der Waals surface area contributed by atoms with Gasteiger partial charge in [-0.25, -0.2) is 0 Å². The molecule has 45 heavy (non-hydrogen) atoms. The third-order valence-electron chi connectivity index (χ3n) is 8.56. The van der Waals surface area contributed by atoms with E-state index in [4.69, 9.17) is 31.2 Å². The highest BCUT2D eigenvalue weighted by molar-refractivity contribution is 6.30. The molecule has 7 heteroatoms. The van der Waals surface area contributed by atoms with Crippen molar-refractivity contribution >= 4 is 28.2 Å². The first kappa shape index (κ1) is 28.9. The van der Waals surface area contributed by atoms with Crippen LogP contribution in [-0.2, 0) is 20.3 Å². The number of benzene rings is 4. The van der Waals surface area contributed by atoms with E-state index < -0.39 is 0 Å². The van der Waals surface area contributed by atoms with Crippen molar-refractivity contribution in [2.45, 2.75) is 32.0 Å². The van der Waals surface area contributed by atoms with Gasteiger partial charge in [0.05, 0.1) is 16.8 Å². The molecule has 1 fully saturated rings. The summed E-state index contributed by atoms with van der Waals surface area (Å²) < 4.78 is 14.5. The van der Waals surface area contributed by atoms with Crippen LogP contribution in [0.4, 0.5) is 5.69 Å².